The molecule has 1 amide bonds. The highest BCUT2D eigenvalue weighted by molar-refractivity contribution is 6.31. The fourth-order valence-corrected chi connectivity index (χ4v) is 3.37. The molecule has 2 fully saturated rings. The molecule has 1 atom stereocenters. The summed E-state index contributed by atoms with van der Waals surface area (Å²) in [6.45, 7) is 1.26. The van der Waals surface area contributed by atoms with E-state index in [-0.39, 0.29) is 16.8 Å². The number of aromatic nitrogens is 3. The van der Waals surface area contributed by atoms with Gasteiger partial charge in [-0.25, -0.2) is 9.37 Å². The predicted octanol–water partition coefficient (Wildman–Crippen LogP) is 3.49. The first-order chi connectivity index (χ1) is 11.6. The fraction of sp³-hybridized carbons (Fsp3) is 0.471. The third-order valence-corrected chi connectivity index (χ3v) is 5.01. The smallest absolute Gasteiger partial charge is 0.253 e. The van der Waals surface area contributed by atoms with Crippen LogP contribution < -0.4 is 0 Å². The maximum Gasteiger partial charge on any atom is 0.253 e. The number of H-pyrrole nitrogens is 1. The molecule has 7 heteroatoms. The molecule has 24 heavy (non-hydrogen) atoms. The molecule has 1 aromatic carbocycles. The minimum atomic E-state index is -0.516. The van der Waals surface area contributed by atoms with Crippen LogP contribution in [0.4, 0.5) is 4.39 Å². The SMILES string of the molecule is O=C(c1ccc(F)c(Cl)c1)N1CCCC(c2n[nH]c(C3CC3)n2)C1. The zero-order chi connectivity index (χ0) is 16.7. The number of amides is 1. The van der Waals surface area contributed by atoms with Crippen LogP contribution in [-0.2, 0) is 0 Å². The molecule has 1 aliphatic heterocycles. The monoisotopic (exact) mass is 348 g/mol. The zero-order valence-electron chi connectivity index (χ0n) is 13.1. The summed E-state index contributed by atoms with van der Waals surface area (Å²) < 4.78 is 13.3. The van der Waals surface area contributed by atoms with Gasteiger partial charge in [0.05, 0.1) is 5.02 Å². The molecular formula is C17H18ClFN4O. The zero-order valence-corrected chi connectivity index (χ0v) is 13.9. The van der Waals surface area contributed by atoms with E-state index >= 15 is 0 Å². The molecule has 1 saturated carbocycles. The molecule has 2 heterocycles. The number of benzene rings is 1. The molecule has 126 valence electrons. The largest absolute Gasteiger partial charge is 0.338 e. The number of carbonyl (C=O) groups is 1. The van der Waals surface area contributed by atoms with E-state index in [9.17, 15) is 9.18 Å². The second-order valence-corrected chi connectivity index (χ2v) is 6.98. The van der Waals surface area contributed by atoms with Gasteiger partial charge in [-0.2, -0.15) is 5.10 Å². The van der Waals surface area contributed by atoms with Gasteiger partial charge in [0.25, 0.3) is 5.91 Å². The Balaban J connectivity index is 1.48. The summed E-state index contributed by atoms with van der Waals surface area (Å²) >= 11 is 5.79. The van der Waals surface area contributed by atoms with Crippen molar-refractivity contribution >= 4 is 17.5 Å². The molecule has 0 spiro atoms. The minimum Gasteiger partial charge on any atom is -0.338 e. The first kappa shape index (κ1) is 15.6. The van der Waals surface area contributed by atoms with Crippen molar-refractivity contribution in [3.63, 3.8) is 0 Å². The number of piperidine rings is 1. The average molecular weight is 349 g/mol. The number of nitrogens with one attached hydrogen (secondary N) is 1. The summed E-state index contributed by atoms with van der Waals surface area (Å²) in [5, 5.41) is 7.35. The summed E-state index contributed by atoms with van der Waals surface area (Å²) in [6.07, 6.45) is 4.22. The Morgan fingerprint density at radius 1 is 1.29 bits per heavy atom. The van der Waals surface area contributed by atoms with Crippen LogP contribution in [0.25, 0.3) is 0 Å². The van der Waals surface area contributed by atoms with E-state index in [2.05, 4.69) is 15.2 Å². The summed E-state index contributed by atoms with van der Waals surface area (Å²) in [4.78, 5) is 19.1. The summed E-state index contributed by atoms with van der Waals surface area (Å²) in [5.41, 5.74) is 0.413. The van der Waals surface area contributed by atoms with Gasteiger partial charge in [0.2, 0.25) is 0 Å². The molecule has 5 nitrogen and oxygen atoms in total. The van der Waals surface area contributed by atoms with E-state index in [1.54, 1.807) is 4.90 Å². The lowest BCUT2D eigenvalue weighted by Crippen LogP contribution is -2.39. The van der Waals surface area contributed by atoms with E-state index in [0.29, 0.717) is 24.6 Å². The minimum absolute atomic E-state index is 0.0301. The van der Waals surface area contributed by atoms with Crippen LogP contribution >= 0.6 is 11.6 Å². The summed E-state index contributed by atoms with van der Waals surface area (Å²) in [6, 6.07) is 4.10. The van der Waals surface area contributed by atoms with Gasteiger partial charge in [0.1, 0.15) is 11.6 Å². The van der Waals surface area contributed by atoms with Crippen LogP contribution in [0, 0.1) is 5.82 Å². The third kappa shape index (κ3) is 3.02. The van der Waals surface area contributed by atoms with E-state index in [4.69, 9.17) is 11.6 Å². The first-order valence-electron chi connectivity index (χ1n) is 8.28. The van der Waals surface area contributed by atoms with E-state index in [1.165, 1.54) is 31.0 Å². The number of hydrogen-bond donors (Lipinski definition) is 1. The van der Waals surface area contributed by atoms with Gasteiger partial charge in [-0.3, -0.25) is 9.89 Å². The van der Waals surface area contributed by atoms with Gasteiger partial charge in [-0.1, -0.05) is 11.6 Å². The molecule has 2 aromatic rings. The second kappa shape index (κ2) is 6.16. The van der Waals surface area contributed by atoms with Gasteiger partial charge in [0.15, 0.2) is 5.82 Å². The van der Waals surface area contributed by atoms with Gasteiger partial charge >= 0.3 is 0 Å². The number of hydrogen-bond acceptors (Lipinski definition) is 3. The lowest BCUT2D eigenvalue weighted by atomic mass is 9.96. The lowest BCUT2D eigenvalue weighted by Gasteiger charge is -2.31. The Morgan fingerprint density at radius 3 is 2.88 bits per heavy atom. The lowest BCUT2D eigenvalue weighted by molar-refractivity contribution is 0.0704. The van der Waals surface area contributed by atoms with Crippen molar-refractivity contribution in [1.82, 2.24) is 20.1 Å². The molecular weight excluding hydrogens is 331 g/mol. The molecule has 0 bridgehead atoms. The fourth-order valence-electron chi connectivity index (χ4n) is 3.19. The van der Waals surface area contributed by atoms with Gasteiger partial charge in [-0.05, 0) is 43.9 Å². The molecule has 1 unspecified atom stereocenters. The van der Waals surface area contributed by atoms with Crippen LogP contribution in [0.2, 0.25) is 5.02 Å². The second-order valence-electron chi connectivity index (χ2n) is 6.57. The number of likely N-dealkylation sites (tertiary alicyclic amines) is 1. The van der Waals surface area contributed by atoms with Crippen molar-refractivity contribution in [3.8, 4) is 0 Å². The Morgan fingerprint density at radius 2 is 2.12 bits per heavy atom. The average Bonchev–Trinajstić information content (AvgIpc) is 3.34. The number of aromatic amines is 1. The van der Waals surface area contributed by atoms with E-state index < -0.39 is 5.82 Å². The maximum absolute atomic E-state index is 13.3. The Kier molecular flexibility index (Phi) is 4.00. The van der Waals surface area contributed by atoms with Gasteiger partial charge < -0.3 is 4.90 Å². The van der Waals surface area contributed by atoms with Crippen molar-refractivity contribution in [2.75, 3.05) is 13.1 Å². The summed E-state index contributed by atoms with van der Waals surface area (Å²) in [5.74, 6) is 1.80. The van der Waals surface area contributed by atoms with Crippen molar-refractivity contribution in [2.24, 2.45) is 0 Å². The van der Waals surface area contributed by atoms with Crippen LogP contribution in [0.1, 0.15) is 59.5 Å². The predicted molar refractivity (Wildman–Crippen MR) is 87.6 cm³/mol. The molecule has 1 N–H and O–H groups in total. The highest BCUT2D eigenvalue weighted by Gasteiger charge is 2.31. The van der Waals surface area contributed by atoms with Crippen molar-refractivity contribution < 1.29 is 9.18 Å². The van der Waals surface area contributed by atoms with Crippen molar-refractivity contribution in [3.05, 3.63) is 46.3 Å². The normalized spacial score (nSPS) is 21.1. The molecule has 2 aliphatic rings. The van der Waals surface area contributed by atoms with Crippen LogP contribution in [0.5, 0.6) is 0 Å². The number of halogens is 2. The quantitative estimate of drug-likeness (QED) is 0.923. The van der Waals surface area contributed by atoms with Crippen molar-refractivity contribution in [2.45, 2.75) is 37.5 Å². The molecule has 1 aromatic heterocycles. The van der Waals surface area contributed by atoms with Gasteiger partial charge in [0, 0.05) is 30.5 Å². The maximum atomic E-state index is 13.3. The van der Waals surface area contributed by atoms with Crippen LogP contribution in [0.15, 0.2) is 18.2 Å². The standard InChI is InChI=1S/C17H18ClFN4O/c18-13-8-11(5-6-14(13)19)17(24)23-7-1-2-12(9-23)16-20-15(21-22-16)10-3-4-10/h5-6,8,10,12H,1-4,7,9H2,(H,20,21,22). The summed E-state index contributed by atoms with van der Waals surface area (Å²) in [7, 11) is 0. The highest BCUT2D eigenvalue weighted by atomic mass is 35.5. The van der Waals surface area contributed by atoms with Gasteiger partial charge in [-0.15, -0.1) is 0 Å². The number of carbonyl (C=O) groups excluding carboxylic acids is 1. The number of nitrogens with zero attached hydrogens (tertiary/aromatic N) is 3. The first-order valence-corrected chi connectivity index (χ1v) is 8.66. The molecule has 0 radical (unpaired) electrons. The molecule has 1 aliphatic carbocycles. The van der Waals surface area contributed by atoms with Crippen molar-refractivity contribution in [1.29, 1.82) is 0 Å². The van der Waals surface area contributed by atoms with E-state index in [1.807, 2.05) is 0 Å². The third-order valence-electron chi connectivity index (χ3n) is 4.72. The van der Waals surface area contributed by atoms with E-state index in [0.717, 1.165) is 24.5 Å². The number of rotatable bonds is 3. The Labute approximate surface area is 144 Å². The Bertz CT molecular complexity index is 774. The molecule has 4 rings (SSSR count). The van der Waals surface area contributed by atoms with Crippen LogP contribution in [0.3, 0.4) is 0 Å². The van der Waals surface area contributed by atoms with Crippen LogP contribution in [-0.4, -0.2) is 39.1 Å². The highest BCUT2D eigenvalue weighted by Crippen LogP contribution is 2.38. The molecule has 1 saturated heterocycles. The Hall–Kier alpha value is -1.95. The topological polar surface area (TPSA) is 61.9 Å².